The number of likely N-dealkylation sites (N-methyl/N-ethyl adjacent to an activating group) is 1. The summed E-state index contributed by atoms with van der Waals surface area (Å²) in [6, 6.07) is 16.4. The maximum Gasteiger partial charge on any atom is 0.0470 e. The lowest BCUT2D eigenvalue weighted by Gasteiger charge is -2.27. The Morgan fingerprint density at radius 2 is 1.90 bits per heavy atom. The van der Waals surface area contributed by atoms with Gasteiger partial charge in [-0.2, -0.15) is 0 Å². The zero-order valence-electron chi connectivity index (χ0n) is 11.4. The molecule has 1 unspecified atom stereocenters. The van der Waals surface area contributed by atoms with Crippen LogP contribution in [0.25, 0.3) is 0 Å². The molecule has 2 aromatic carbocycles. The van der Waals surface area contributed by atoms with Crippen LogP contribution < -0.4 is 5.73 Å². The molecule has 0 aliphatic rings. The first kappa shape index (κ1) is 15.5. The lowest BCUT2D eigenvalue weighted by Crippen LogP contribution is -2.30. The van der Waals surface area contributed by atoms with Crippen molar-refractivity contribution in [2.24, 2.45) is 5.73 Å². The maximum atomic E-state index is 6.03. The van der Waals surface area contributed by atoms with E-state index in [0.29, 0.717) is 6.54 Å². The van der Waals surface area contributed by atoms with Gasteiger partial charge in [-0.1, -0.05) is 51.8 Å². The third-order valence-corrected chi connectivity index (χ3v) is 4.09. The summed E-state index contributed by atoms with van der Waals surface area (Å²) in [5.74, 6) is 0. The van der Waals surface area contributed by atoms with Crippen molar-refractivity contribution in [1.29, 1.82) is 0 Å². The minimum atomic E-state index is 0.196. The largest absolute Gasteiger partial charge is 0.329 e. The predicted molar refractivity (Wildman–Crippen MR) is 88.9 cm³/mol. The van der Waals surface area contributed by atoms with Crippen LogP contribution in [-0.4, -0.2) is 18.5 Å². The molecule has 2 nitrogen and oxygen atoms in total. The monoisotopic (exact) mass is 352 g/mol. The Bertz CT molecular complexity index is 557. The first-order valence-electron chi connectivity index (χ1n) is 6.50. The molecule has 2 N–H and O–H groups in total. The van der Waals surface area contributed by atoms with Crippen LogP contribution in [0.5, 0.6) is 0 Å². The van der Waals surface area contributed by atoms with Crippen LogP contribution in [-0.2, 0) is 6.54 Å². The molecular formula is C16H18BrClN2. The Labute approximate surface area is 133 Å². The second kappa shape index (κ2) is 7.23. The quantitative estimate of drug-likeness (QED) is 0.871. The average molecular weight is 354 g/mol. The molecule has 0 saturated heterocycles. The van der Waals surface area contributed by atoms with E-state index in [1.54, 1.807) is 0 Å². The molecule has 0 aliphatic heterocycles. The third-order valence-electron chi connectivity index (χ3n) is 3.33. The van der Waals surface area contributed by atoms with E-state index in [9.17, 15) is 0 Å². The summed E-state index contributed by atoms with van der Waals surface area (Å²) in [7, 11) is 2.08. The van der Waals surface area contributed by atoms with Gasteiger partial charge < -0.3 is 5.73 Å². The summed E-state index contributed by atoms with van der Waals surface area (Å²) in [5.41, 5.74) is 8.36. The molecule has 4 heteroatoms. The van der Waals surface area contributed by atoms with Crippen molar-refractivity contribution in [3.05, 3.63) is 69.2 Å². The van der Waals surface area contributed by atoms with Crippen molar-refractivity contribution in [2.75, 3.05) is 13.6 Å². The van der Waals surface area contributed by atoms with Gasteiger partial charge in [0.2, 0.25) is 0 Å². The van der Waals surface area contributed by atoms with Crippen molar-refractivity contribution >= 4 is 27.5 Å². The van der Waals surface area contributed by atoms with Crippen LogP contribution in [0.3, 0.4) is 0 Å². The number of halogens is 2. The Balaban J connectivity index is 2.13. The number of nitrogens with zero attached hydrogens (tertiary/aromatic N) is 1. The first-order chi connectivity index (χ1) is 9.60. The molecule has 0 spiro atoms. The molecule has 0 aromatic heterocycles. The molecule has 2 aromatic rings. The van der Waals surface area contributed by atoms with Gasteiger partial charge in [0, 0.05) is 28.6 Å². The molecule has 2 rings (SSSR count). The van der Waals surface area contributed by atoms with E-state index in [2.05, 4.69) is 46.1 Å². The topological polar surface area (TPSA) is 29.3 Å². The molecular weight excluding hydrogens is 336 g/mol. The fourth-order valence-electron chi connectivity index (χ4n) is 2.29. The Kier molecular flexibility index (Phi) is 5.61. The Morgan fingerprint density at radius 3 is 2.50 bits per heavy atom. The summed E-state index contributed by atoms with van der Waals surface area (Å²) in [6.07, 6.45) is 0. The van der Waals surface area contributed by atoms with Crippen molar-refractivity contribution in [3.8, 4) is 0 Å². The highest BCUT2D eigenvalue weighted by molar-refractivity contribution is 9.10. The maximum absolute atomic E-state index is 6.03. The predicted octanol–water partition coefficient (Wildman–Crippen LogP) is 4.23. The summed E-state index contributed by atoms with van der Waals surface area (Å²) in [5, 5.41) is 0.767. The van der Waals surface area contributed by atoms with E-state index < -0.39 is 0 Å². The van der Waals surface area contributed by atoms with E-state index in [0.717, 1.165) is 16.0 Å². The van der Waals surface area contributed by atoms with Crippen molar-refractivity contribution in [2.45, 2.75) is 12.6 Å². The van der Waals surface area contributed by atoms with Gasteiger partial charge in [0.15, 0.2) is 0 Å². The van der Waals surface area contributed by atoms with Crippen molar-refractivity contribution in [1.82, 2.24) is 4.90 Å². The van der Waals surface area contributed by atoms with Crippen molar-refractivity contribution in [3.63, 3.8) is 0 Å². The summed E-state index contributed by atoms with van der Waals surface area (Å²) in [4.78, 5) is 2.24. The minimum absolute atomic E-state index is 0.196. The van der Waals surface area contributed by atoms with Crippen LogP contribution >= 0.6 is 27.5 Å². The third kappa shape index (κ3) is 4.06. The summed E-state index contributed by atoms with van der Waals surface area (Å²) in [6.45, 7) is 1.40. The number of hydrogen-bond donors (Lipinski definition) is 1. The minimum Gasteiger partial charge on any atom is -0.329 e. The highest BCUT2D eigenvalue weighted by Gasteiger charge is 2.15. The van der Waals surface area contributed by atoms with Crippen LogP contribution in [0.15, 0.2) is 53.0 Å². The summed E-state index contributed by atoms with van der Waals surface area (Å²) < 4.78 is 1.08. The van der Waals surface area contributed by atoms with Crippen LogP contribution in [0.2, 0.25) is 5.02 Å². The average Bonchev–Trinajstić information content (AvgIpc) is 2.42. The lowest BCUT2D eigenvalue weighted by molar-refractivity contribution is 0.242. The van der Waals surface area contributed by atoms with Crippen LogP contribution in [0, 0.1) is 0 Å². The Hall–Kier alpha value is -0.870. The van der Waals surface area contributed by atoms with E-state index >= 15 is 0 Å². The zero-order chi connectivity index (χ0) is 14.5. The van der Waals surface area contributed by atoms with Gasteiger partial charge in [-0.05, 0) is 42.4 Å². The number of nitrogens with two attached hydrogens (primary N) is 1. The lowest BCUT2D eigenvalue weighted by atomic mass is 10.1. The molecule has 0 heterocycles. The fourth-order valence-corrected chi connectivity index (χ4v) is 2.77. The van der Waals surface area contributed by atoms with E-state index in [-0.39, 0.29) is 6.04 Å². The number of rotatable bonds is 5. The van der Waals surface area contributed by atoms with Gasteiger partial charge in [-0.15, -0.1) is 0 Å². The van der Waals surface area contributed by atoms with E-state index in [1.165, 1.54) is 11.1 Å². The second-order valence-corrected chi connectivity index (χ2v) is 6.20. The van der Waals surface area contributed by atoms with Gasteiger partial charge in [-0.25, -0.2) is 0 Å². The number of hydrogen-bond acceptors (Lipinski definition) is 2. The zero-order valence-corrected chi connectivity index (χ0v) is 13.7. The van der Waals surface area contributed by atoms with Crippen LogP contribution in [0.1, 0.15) is 17.2 Å². The van der Waals surface area contributed by atoms with Gasteiger partial charge in [0.25, 0.3) is 0 Å². The van der Waals surface area contributed by atoms with E-state index in [1.807, 2.05) is 30.3 Å². The molecule has 0 radical (unpaired) electrons. The second-order valence-electron chi connectivity index (χ2n) is 4.85. The normalized spacial score (nSPS) is 12.7. The van der Waals surface area contributed by atoms with Crippen LogP contribution in [0.4, 0.5) is 0 Å². The molecule has 0 aliphatic carbocycles. The molecule has 0 fully saturated rings. The smallest absolute Gasteiger partial charge is 0.0470 e. The highest BCUT2D eigenvalue weighted by atomic mass is 79.9. The molecule has 20 heavy (non-hydrogen) atoms. The number of benzene rings is 2. The molecule has 106 valence electrons. The van der Waals surface area contributed by atoms with Gasteiger partial charge in [0.05, 0.1) is 0 Å². The first-order valence-corrected chi connectivity index (χ1v) is 7.67. The SMILES string of the molecule is CN(Cc1cccc(Cl)c1)C(CN)c1ccc(Br)cc1. The molecule has 0 saturated carbocycles. The molecule has 0 bridgehead atoms. The molecule has 1 atom stereocenters. The summed E-state index contributed by atoms with van der Waals surface area (Å²) >= 11 is 9.48. The van der Waals surface area contributed by atoms with Crippen molar-refractivity contribution < 1.29 is 0 Å². The Morgan fingerprint density at radius 1 is 1.20 bits per heavy atom. The van der Waals surface area contributed by atoms with Gasteiger partial charge in [0.1, 0.15) is 0 Å². The fraction of sp³-hybridized carbons (Fsp3) is 0.250. The standard InChI is InChI=1S/C16H18BrClN2/c1-20(11-12-3-2-4-15(18)9-12)16(10-19)13-5-7-14(17)8-6-13/h2-9,16H,10-11,19H2,1H3. The van der Waals surface area contributed by atoms with Gasteiger partial charge >= 0.3 is 0 Å². The van der Waals surface area contributed by atoms with E-state index in [4.69, 9.17) is 17.3 Å². The highest BCUT2D eigenvalue weighted by Crippen LogP contribution is 2.23. The molecule has 0 amide bonds. The van der Waals surface area contributed by atoms with Gasteiger partial charge in [-0.3, -0.25) is 4.90 Å².